The molecule has 0 radical (unpaired) electrons. The molecule has 0 saturated heterocycles. The average molecular weight is 148 g/mol. The molecule has 9 heavy (non-hydrogen) atoms. The molecule has 4 nitrogen and oxygen atoms in total. The largest absolute Gasteiger partial charge is 0.403 e. The summed E-state index contributed by atoms with van der Waals surface area (Å²) >= 11 is 0. The number of hydrogen-bond donors (Lipinski definition) is 2. The Hall–Kier alpha value is -0.680. The van der Waals surface area contributed by atoms with E-state index in [9.17, 15) is 9.00 Å². The van der Waals surface area contributed by atoms with Gasteiger partial charge in [0.1, 0.15) is 15.9 Å². The van der Waals surface area contributed by atoms with E-state index in [1.54, 1.807) is 0 Å². The molecule has 4 N–H and O–H groups in total. The average Bonchev–Trinajstić information content (AvgIpc) is 1.64. The molecular formula is C4H8N2O2S. The zero-order valence-corrected chi connectivity index (χ0v) is 5.77. The summed E-state index contributed by atoms with van der Waals surface area (Å²) in [5.41, 5.74) is 4.92. The molecule has 0 aliphatic rings. The number of carbonyl (C=O) groups excluding carboxylic acids is 1. The zero-order chi connectivity index (χ0) is 7.44. The fourth-order valence-electron chi connectivity index (χ4n) is 0.326. The molecular weight excluding hydrogens is 140 g/mol. The molecule has 0 aromatic heterocycles. The lowest BCUT2D eigenvalue weighted by Gasteiger charge is -1.92. The van der Waals surface area contributed by atoms with E-state index in [0.717, 1.165) is 6.20 Å². The van der Waals surface area contributed by atoms with E-state index in [1.807, 2.05) is 0 Å². The summed E-state index contributed by atoms with van der Waals surface area (Å²) in [7, 11) is -1.75. The predicted octanol–water partition coefficient (Wildman–Crippen LogP) is -1.00. The summed E-state index contributed by atoms with van der Waals surface area (Å²) in [6.07, 6.45) is 0.957. The second kappa shape index (κ2) is 3.37. The third kappa shape index (κ3) is 2.39. The van der Waals surface area contributed by atoms with Crippen LogP contribution >= 0.6 is 0 Å². The number of ketones is 1. The molecule has 0 heterocycles. The highest BCUT2D eigenvalue weighted by molar-refractivity contribution is 7.87. The van der Waals surface area contributed by atoms with Crippen LogP contribution < -0.4 is 10.9 Å². The summed E-state index contributed by atoms with van der Waals surface area (Å²) in [5, 5.41) is 4.85. The predicted molar refractivity (Wildman–Crippen MR) is 35.3 cm³/mol. The minimum Gasteiger partial charge on any atom is -0.403 e. The maximum Gasteiger partial charge on any atom is 0.171 e. The van der Waals surface area contributed by atoms with Gasteiger partial charge in [-0.1, -0.05) is 0 Å². The van der Waals surface area contributed by atoms with Crippen molar-refractivity contribution in [1.82, 2.24) is 0 Å². The Balaban J connectivity index is 4.38. The van der Waals surface area contributed by atoms with Crippen LogP contribution in [0.25, 0.3) is 0 Å². The quantitative estimate of drug-likeness (QED) is 0.492. The van der Waals surface area contributed by atoms with E-state index in [-0.39, 0.29) is 10.7 Å². The summed E-state index contributed by atoms with van der Waals surface area (Å²) < 4.78 is 10.3. The zero-order valence-electron chi connectivity index (χ0n) is 4.96. The number of carbonyl (C=O) groups is 1. The van der Waals surface area contributed by atoms with Gasteiger partial charge in [0.2, 0.25) is 0 Å². The number of Topliss-reactive ketones (excluding diaryl/α,β-unsaturated/α-hetero) is 1. The molecule has 0 aromatic carbocycles. The molecule has 0 aliphatic heterocycles. The van der Waals surface area contributed by atoms with Crippen molar-refractivity contribution in [3.8, 4) is 0 Å². The number of nitrogens with two attached hydrogens (primary N) is 2. The van der Waals surface area contributed by atoms with Crippen molar-refractivity contribution in [3.63, 3.8) is 0 Å². The molecule has 0 amide bonds. The van der Waals surface area contributed by atoms with E-state index in [4.69, 9.17) is 10.9 Å². The lowest BCUT2D eigenvalue weighted by molar-refractivity contribution is -0.113. The summed E-state index contributed by atoms with van der Waals surface area (Å²) in [5.74, 6) is -0.363. The van der Waals surface area contributed by atoms with Crippen molar-refractivity contribution in [3.05, 3.63) is 11.1 Å². The minimum absolute atomic E-state index is 0.0463. The maximum absolute atomic E-state index is 10.4. The van der Waals surface area contributed by atoms with E-state index >= 15 is 0 Å². The van der Waals surface area contributed by atoms with Crippen molar-refractivity contribution < 1.29 is 9.00 Å². The molecule has 5 heteroatoms. The molecule has 0 saturated carbocycles. The van der Waals surface area contributed by atoms with Crippen molar-refractivity contribution >= 4 is 16.8 Å². The van der Waals surface area contributed by atoms with Crippen LogP contribution in [0.5, 0.6) is 0 Å². The highest BCUT2D eigenvalue weighted by Crippen LogP contribution is 1.94. The molecule has 1 unspecified atom stereocenters. The molecule has 1 atom stereocenters. The van der Waals surface area contributed by atoms with Crippen LogP contribution in [0.2, 0.25) is 0 Å². The first-order valence-corrected chi connectivity index (χ1v) is 3.40. The van der Waals surface area contributed by atoms with E-state index in [0.29, 0.717) is 0 Å². The monoisotopic (exact) mass is 148 g/mol. The Kier molecular flexibility index (Phi) is 3.11. The fourth-order valence-corrected chi connectivity index (χ4v) is 0.744. The van der Waals surface area contributed by atoms with Crippen LogP contribution in [-0.2, 0) is 15.8 Å². The lowest BCUT2D eigenvalue weighted by Crippen LogP contribution is -2.13. The van der Waals surface area contributed by atoms with Gasteiger partial charge in [-0.2, -0.15) is 0 Å². The van der Waals surface area contributed by atoms with Crippen LogP contribution in [0.15, 0.2) is 11.1 Å². The van der Waals surface area contributed by atoms with Gasteiger partial charge in [-0.05, 0) is 6.92 Å². The van der Waals surface area contributed by atoms with Gasteiger partial charge in [0.25, 0.3) is 0 Å². The second-order valence-corrected chi connectivity index (χ2v) is 2.42. The van der Waals surface area contributed by atoms with Crippen LogP contribution in [-0.4, -0.2) is 9.99 Å². The third-order valence-electron chi connectivity index (χ3n) is 0.715. The summed E-state index contributed by atoms with van der Waals surface area (Å²) in [6.45, 7) is 1.25. The standard InChI is InChI=1S/C4H8N2O2S/c1-3(7)4(2-5)9(6)8/h2H,5-6H2,1H3/b4-2+. The molecule has 0 aromatic rings. The van der Waals surface area contributed by atoms with Gasteiger partial charge < -0.3 is 5.73 Å². The molecule has 0 fully saturated rings. The van der Waals surface area contributed by atoms with Gasteiger partial charge in [0.05, 0.1) is 0 Å². The van der Waals surface area contributed by atoms with Crippen LogP contribution in [0.3, 0.4) is 0 Å². The van der Waals surface area contributed by atoms with Gasteiger partial charge in [-0.3, -0.25) is 4.79 Å². The van der Waals surface area contributed by atoms with Crippen LogP contribution in [0, 0.1) is 0 Å². The highest BCUT2D eigenvalue weighted by atomic mass is 32.2. The van der Waals surface area contributed by atoms with Gasteiger partial charge in [-0.15, -0.1) is 0 Å². The Morgan fingerprint density at radius 2 is 2.11 bits per heavy atom. The molecule has 0 rings (SSSR count). The Labute approximate surface area is 55.5 Å². The minimum atomic E-state index is -1.75. The highest BCUT2D eigenvalue weighted by Gasteiger charge is 2.06. The van der Waals surface area contributed by atoms with E-state index < -0.39 is 11.0 Å². The Morgan fingerprint density at radius 1 is 1.67 bits per heavy atom. The first-order chi connectivity index (χ1) is 4.09. The van der Waals surface area contributed by atoms with Gasteiger partial charge >= 0.3 is 0 Å². The topological polar surface area (TPSA) is 86.2 Å². The molecule has 0 spiro atoms. The van der Waals surface area contributed by atoms with E-state index in [1.165, 1.54) is 6.92 Å². The van der Waals surface area contributed by atoms with Crippen LogP contribution in [0.1, 0.15) is 6.92 Å². The lowest BCUT2D eigenvalue weighted by atomic mass is 10.4. The third-order valence-corrected chi connectivity index (χ3v) is 1.57. The number of rotatable bonds is 2. The first-order valence-electron chi connectivity index (χ1n) is 2.18. The van der Waals surface area contributed by atoms with Crippen molar-refractivity contribution in [2.75, 3.05) is 0 Å². The number of hydrogen-bond acceptors (Lipinski definition) is 3. The summed E-state index contributed by atoms with van der Waals surface area (Å²) in [6, 6.07) is 0. The van der Waals surface area contributed by atoms with Gasteiger partial charge in [-0.25, -0.2) is 9.35 Å². The Morgan fingerprint density at radius 3 is 2.11 bits per heavy atom. The fraction of sp³-hybridized carbons (Fsp3) is 0.250. The second-order valence-electron chi connectivity index (χ2n) is 1.38. The maximum atomic E-state index is 10.4. The van der Waals surface area contributed by atoms with Gasteiger partial charge in [0, 0.05) is 6.20 Å². The van der Waals surface area contributed by atoms with Crippen LogP contribution in [0.4, 0.5) is 0 Å². The smallest absolute Gasteiger partial charge is 0.171 e. The summed E-state index contributed by atoms with van der Waals surface area (Å²) in [4.78, 5) is 10.3. The van der Waals surface area contributed by atoms with Crippen molar-refractivity contribution in [1.29, 1.82) is 0 Å². The SMILES string of the molecule is CC(=O)/C(=C\N)S(N)=O. The van der Waals surface area contributed by atoms with E-state index in [2.05, 4.69) is 0 Å². The van der Waals surface area contributed by atoms with Gasteiger partial charge in [0.15, 0.2) is 5.78 Å². The Bertz CT molecular complexity index is 159. The van der Waals surface area contributed by atoms with Crippen molar-refractivity contribution in [2.24, 2.45) is 10.9 Å². The molecule has 0 aliphatic carbocycles. The molecule has 52 valence electrons. The number of allylic oxidation sites excluding steroid dienone is 1. The normalized spacial score (nSPS) is 15.1. The molecule has 0 bridgehead atoms. The van der Waals surface area contributed by atoms with Crippen molar-refractivity contribution in [2.45, 2.75) is 6.92 Å². The first kappa shape index (κ1) is 8.32.